The van der Waals surface area contributed by atoms with Gasteiger partial charge in [-0.05, 0) is 45.1 Å². The number of rotatable bonds is 6. The minimum absolute atomic E-state index is 0.478. The number of ether oxygens (including phenoxy) is 1. The molecule has 0 amide bonds. The van der Waals surface area contributed by atoms with Gasteiger partial charge in [0, 0.05) is 37.9 Å². The Morgan fingerprint density at radius 2 is 2.12 bits per heavy atom. The summed E-state index contributed by atoms with van der Waals surface area (Å²) < 4.78 is 7.61. The molecular weight excluding hydrogens is 348 g/mol. The number of hydrogen-bond acceptors (Lipinski definition) is 7. The van der Waals surface area contributed by atoms with E-state index >= 15 is 0 Å². The van der Waals surface area contributed by atoms with Gasteiger partial charge < -0.3 is 19.5 Å². The van der Waals surface area contributed by atoms with Crippen LogP contribution in [0.25, 0.3) is 11.0 Å². The summed E-state index contributed by atoms with van der Waals surface area (Å²) in [6.45, 7) is 3.56. The summed E-state index contributed by atoms with van der Waals surface area (Å²) in [5.74, 6) is 0.478. The van der Waals surface area contributed by atoms with Crippen molar-refractivity contribution in [3.63, 3.8) is 0 Å². The SMILES string of the molecule is CN(C)CCn1cnc2cc(Nc3nnc(C4CCOCC4)s3)ccc21. The molecule has 0 radical (unpaired) electrons. The Balaban J connectivity index is 1.46. The molecule has 0 unspecified atom stereocenters. The van der Waals surface area contributed by atoms with Gasteiger partial charge in [-0.3, -0.25) is 0 Å². The van der Waals surface area contributed by atoms with E-state index in [0.29, 0.717) is 5.92 Å². The summed E-state index contributed by atoms with van der Waals surface area (Å²) in [6, 6.07) is 6.25. The zero-order chi connectivity index (χ0) is 17.9. The first kappa shape index (κ1) is 17.4. The Morgan fingerprint density at radius 1 is 1.27 bits per heavy atom. The van der Waals surface area contributed by atoms with Crippen molar-refractivity contribution in [3.8, 4) is 0 Å². The second kappa shape index (κ2) is 7.69. The fraction of sp³-hybridized carbons (Fsp3) is 0.500. The van der Waals surface area contributed by atoms with E-state index in [1.54, 1.807) is 11.3 Å². The molecule has 2 aromatic heterocycles. The minimum atomic E-state index is 0.478. The van der Waals surface area contributed by atoms with Crippen molar-refractivity contribution < 1.29 is 4.74 Å². The van der Waals surface area contributed by atoms with Crippen molar-refractivity contribution in [3.05, 3.63) is 29.5 Å². The number of benzene rings is 1. The van der Waals surface area contributed by atoms with E-state index in [1.807, 2.05) is 6.33 Å². The monoisotopic (exact) mass is 372 g/mol. The van der Waals surface area contributed by atoms with Crippen molar-refractivity contribution in [2.24, 2.45) is 0 Å². The zero-order valence-electron chi connectivity index (χ0n) is 15.2. The van der Waals surface area contributed by atoms with E-state index in [1.165, 1.54) is 0 Å². The molecule has 4 rings (SSSR count). The van der Waals surface area contributed by atoms with Crippen LogP contribution in [0.5, 0.6) is 0 Å². The summed E-state index contributed by atoms with van der Waals surface area (Å²) >= 11 is 1.64. The maximum Gasteiger partial charge on any atom is 0.210 e. The van der Waals surface area contributed by atoms with Crippen LogP contribution in [0.4, 0.5) is 10.8 Å². The summed E-state index contributed by atoms with van der Waals surface area (Å²) in [7, 11) is 4.16. The van der Waals surface area contributed by atoms with Crippen LogP contribution in [0.1, 0.15) is 23.8 Å². The molecule has 7 nitrogen and oxygen atoms in total. The molecular formula is C18H24N6OS. The van der Waals surface area contributed by atoms with E-state index in [-0.39, 0.29) is 0 Å². The lowest BCUT2D eigenvalue weighted by atomic mass is 10.0. The van der Waals surface area contributed by atoms with Crippen LogP contribution in [0, 0.1) is 0 Å². The molecule has 0 aliphatic carbocycles. The molecule has 26 heavy (non-hydrogen) atoms. The molecule has 138 valence electrons. The molecule has 1 aliphatic rings. The third kappa shape index (κ3) is 3.87. The number of anilines is 2. The summed E-state index contributed by atoms with van der Waals surface area (Å²) in [6.07, 6.45) is 3.97. The molecule has 1 aromatic carbocycles. The number of imidazole rings is 1. The average molecular weight is 372 g/mol. The lowest BCUT2D eigenvalue weighted by Gasteiger charge is -2.18. The van der Waals surface area contributed by atoms with Crippen LogP contribution in [0.2, 0.25) is 0 Å². The Hall–Kier alpha value is -2.03. The van der Waals surface area contributed by atoms with Gasteiger partial charge in [-0.15, -0.1) is 10.2 Å². The second-order valence-corrected chi connectivity index (χ2v) is 7.91. The topological polar surface area (TPSA) is 68.1 Å². The fourth-order valence-corrected chi connectivity index (χ4v) is 4.08. The molecule has 8 heteroatoms. The Morgan fingerprint density at radius 3 is 2.92 bits per heavy atom. The van der Waals surface area contributed by atoms with Gasteiger partial charge in [-0.25, -0.2) is 4.98 Å². The smallest absolute Gasteiger partial charge is 0.210 e. The van der Waals surface area contributed by atoms with Gasteiger partial charge in [-0.2, -0.15) is 0 Å². The molecule has 0 atom stereocenters. The van der Waals surface area contributed by atoms with E-state index < -0.39 is 0 Å². The van der Waals surface area contributed by atoms with Crippen molar-refractivity contribution >= 4 is 33.2 Å². The first-order chi connectivity index (χ1) is 12.7. The minimum Gasteiger partial charge on any atom is -0.381 e. The number of likely N-dealkylation sites (N-methyl/N-ethyl adjacent to an activating group) is 1. The summed E-state index contributed by atoms with van der Waals surface area (Å²) in [5, 5.41) is 14.0. The van der Waals surface area contributed by atoms with E-state index in [4.69, 9.17) is 4.74 Å². The average Bonchev–Trinajstić information content (AvgIpc) is 3.27. The molecule has 0 bridgehead atoms. The lowest BCUT2D eigenvalue weighted by Crippen LogP contribution is -2.17. The lowest BCUT2D eigenvalue weighted by molar-refractivity contribution is 0.0851. The van der Waals surface area contributed by atoms with Crippen LogP contribution in [0.3, 0.4) is 0 Å². The number of nitrogens with zero attached hydrogens (tertiary/aromatic N) is 5. The van der Waals surface area contributed by atoms with E-state index in [0.717, 1.165) is 66.0 Å². The second-order valence-electron chi connectivity index (χ2n) is 6.90. The van der Waals surface area contributed by atoms with Gasteiger partial charge in [0.05, 0.1) is 17.4 Å². The van der Waals surface area contributed by atoms with Crippen LogP contribution in [0.15, 0.2) is 24.5 Å². The number of nitrogens with one attached hydrogen (secondary N) is 1. The third-order valence-corrected chi connectivity index (χ3v) is 5.67. The van der Waals surface area contributed by atoms with Crippen LogP contribution >= 0.6 is 11.3 Å². The predicted molar refractivity (Wildman–Crippen MR) is 104 cm³/mol. The van der Waals surface area contributed by atoms with Gasteiger partial charge in [-0.1, -0.05) is 11.3 Å². The molecule has 3 aromatic rings. The predicted octanol–water partition coefficient (Wildman–Crippen LogP) is 3.09. The molecule has 1 saturated heterocycles. The highest BCUT2D eigenvalue weighted by Crippen LogP contribution is 2.32. The Kier molecular flexibility index (Phi) is 5.14. The highest BCUT2D eigenvalue weighted by molar-refractivity contribution is 7.15. The van der Waals surface area contributed by atoms with Crippen LogP contribution in [-0.2, 0) is 11.3 Å². The number of hydrogen-bond donors (Lipinski definition) is 1. The van der Waals surface area contributed by atoms with Crippen molar-refractivity contribution in [1.29, 1.82) is 0 Å². The van der Waals surface area contributed by atoms with Gasteiger partial charge in [0.1, 0.15) is 5.01 Å². The first-order valence-electron chi connectivity index (χ1n) is 8.97. The molecule has 3 heterocycles. The largest absolute Gasteiger partial charge is 0.381 e. The number of aromatic nitrogens is 4. The van der Waals surface area contributed by atoms with Gasteiger partial charge in [0.15, 0.2) is 0 Å². The van der Waals surface area contributed by atoms with Crippen molar-refractivity contribution in [2.45, 2.75) is 25.3 Å². The highest BCUT2D eigenvalue weighted by Gasteiger charge is 2.20. The zero-order valence-corrected chi connectivity index (χ0v) is 16.0. The summed E-state index contributed by atoms with van der Waals surface area (Å²) in [4.78, 5) is 6.71. The van der Waals surface area contributed by atoms with E-state index in [9.17, 15) is 0 Å². The highest BCUT2D eigenvalue weighted by atomic mass is 32.1. The molecule has 0 spiro atoms. The third-order valence-electron chi connectivity index (χ3n) is 4.67. The fourth-order valence-electron chi connectivity index (χ4n) is 3.15. The number of fused-ring (bicyclic) bond motifs is 1. The van der Waals surface area contributed by atoms with Gasteiger partial charge in [0.25, 0.3) is 0 Å². The first-order valence-corrected chi connectivity index (χ1v) is 9.78. The standard InChI is InChI=1S/C18H24N6OS/c1-23(2)7-8-24-12-19-15-11-14(3-4-16(15)24)20-18-22-21-17(26-18)13-5-9-25-10-6-13/h3-4,11-13H,5-10H2,1-2H3,(H,20,22). The Bertz CT molecular complexity index is 868. The summed E-state index contributed by atoms with van der Waals surface area (Å²) in [5.41, 5.74) is 3.13. The molecule has 0 saturated carbocycles. The van der Waals surface area contributed by atoms with Gasteiger partial charge in [0.2, 0.25) is 5.13 Å². The van der Waals surface area contributed by atoms with Gasteiger partial charge >= 0.3 is 0 Å². The Labute approximate surface area is 157 Å². The molecule has 1 fully saturated rings. The molecule has 1 aliphatic heterocycles. The van der Waals surface area contributed by atoms with Crippen molar-refractivity contribution in [2.75, 3.05) is 39.2 Å². The normalized spacial score (nSPS) is 15.8. The van der Waals surface area contributed by atoms with Crippen LogP contribution in [-0.4, -0.2) is 58.5 Å². The van der Waals surface area contributed by atoms with Crippen molar-refractivity contribution in [1.82, 2.24) is 24.6 Å². The maximum absolute atomic E-state index is 5.43. The quantitative estimate of drug-likeness (QED) is 0.717. The molecule has 1 N–H and O–H groups in total. The van der Waals surface area contributed by atoms with E-state index in [2.05, 4.69) is 62.3 Å². The van der Waals surface area contributed by atoms with Crippen LogP contribution < -0.4 is 5.32 Å². The maximum atomic E-state index is 5.43.